The van der Waals surface area contributed by atoms with Crippen molar-refractivity contribution in [1.29, 1.82) is 5.26 Å². The number of aromatic nitrogens is 2. The molecule has 0 saturated carbocycles. The Morgan fingerprint density at radius 1 is 1.26 bits per heavy atom. The van der Waals surface area contributed by atoms with Crippen LogP contribution in [0.5, 0.6) is 5.75 Å². The number of amides is 1. The van der Waals surface area contributed by atoms with Gasteiger partial charge in [0.15, 0.2) is 5.69 Å². The standard InChI is InChI=1S/C22H18BrN5O3/c1-3-31-18-10-8-17(9-11-18)28-22(30)19(12-24)14(2)20(27-28)21(29)26-25-13-15-4-6-16(23)7-5-15/h4-11,13H,3H2,1-2H3,(H,26,29)/b25-13+. The summed E-state index contributed by atoms with van der Waals surface area (Å²) in [5.74, 6) is -0.00536. The van der Waals surface area contributed by atoms with Gasteiger partial charge in [-0.05, 0) is 55.8 Å². The lowest BCUT2D eigenvalue weighted by molar-refractivity contribution is 0.0947. The third-order valence-corrected chi connectivity index (χ3v) is 4.83. The zero-order chi connectivity index (χ0) is 22.4. The first-order valence-corrected chi connectivity index (χ1v) is 10.1. The normalized spacial score (nSPS) is 10.6. The number of hydrogen-bond acceptors (Lipinski definition) is 6. The van der Waals surface area contributed by atoms with Crippen LogP contribution in [-0.4, -0.2) is 28.5 Å². The van der Waals surface area contributed by atoms with E-state index >= 15 is 0 Å². The van der Waals surface area contributed by atoms with Crippen molar-refractivity contribution in [3.63, 3.8) is 0 Å². The molecule has 1 aromatic heterocycles. The van der Waals surface area contributed by atoms with Crippen LogP contribution in [0.2, 0.25) is 0 Å². The third-order valence-electron chi connectivity index (χ3n) is 4.31. The molecule has 0 aliphatic heterocycles. The number of hydrogen-bond donors (Lipinski definition) is 1. The number of carbonyl (C=O) groups excluding carboxylic acids is 1. The minimum atomic E-state index is -0.637. The second-order valence-corrected chi connectivity index (χ2v) is 7.27. The van der Waals surface area contributed by atoms with E-state index in [9.17, 15) is 14.9 Å². The molecule has 3 rings (SSSR count). The summed E-state index contributed by atoms with van der Waals surface area (Å²) in [4.78, 5) is 25.4. The van der Waals surface area contributed by atoms with Gasteiger partial charge in [0.1, 0.15) is 17.4 Å². The number of nitriles is 1. The van der Waals surface area contributed by atoms with Crippen molar-refractivity contribution in [2.24, 2.45) is 5.10 Å². The molecule has 0 spiro atoms. The minimum absolute atomic E-state index is 0.0713. The van der Waals surface area contributed by atoms with E-state index in [0.717, 1.165) is 14.7 Å². The van der Waals surface area contributed by atoms with Crippen molar-refractivity contribution in [1.82, 2.24) is 15.2 Å². The van der Waals surface area contributed by atoms with Gasteiger partial charge in [-0.25, -0.2) is 5.43 Å². The summed E-state index contributed by atoms with van der Waals surface area (Å²) in [5, 5.41) is 17.6. The number of carbonyl (C=O) groups is 1. The highest BCUT2D eigenvalue weighted by atomic mass is 79.9. The Hall–Kier alpha value is -3.77. The van der Waals surface area contributed by atoms with Crippen molar-refractivity contribution in [3.8, 4) is 17.5 Å². The second kappa shape index (κ2) is 9.82. The summed E-state index contributed by atoms with van der Waals surface area (Å²) in [7, 11) is 0. The summed E-state index contributed by atoms with van der Waals surface area (Å²) in [6, 6.07) is 15.8. The minimum Gasteiger partial charge on any atom is -0.494 e. The van der Waals surface area contributed by atoms with E-state index in [2.05, 4.69) is 31.6 Å². The predicted octanol–water partition coefficient (Wildman–Crippen LogP) is 3.34. The summed E-state index contributed by atoms with van der Waals surface area (Å²) >= 11 is 3.35. The molecule has 1 amide bonds. The maximum absolute atomic E-state index is 12.7. The van der Waals surface area contributed by atoms with E-state index in [4.69, 9.17) is 4.74 Å². The molecule has 0 radical (unpaired) electrons. The fourth-order valence-electron chi connectivity index (χ4n) is 2.74. The molecule has 156 valence electrons. The highest BCUT2D eigenvalue weighted by Gasteiger charge is 2.20. The Morgan fingerprint density at radius 3 is 2.55 bits per heavy atom. The van der Waals surface area contributed by atoms with Crippen LogP contribution in [-0.2, 0) is 0 Å². The first kappa shape index (κ1) is 21.9. The van der Waals surface area contributed by atoms with E-state index in [-0.39, 0.29) is 16.8 Å². The third kappa shape index (κ3) is 5.05. The second-order valence-electron chi connectivity index (χ2n) is 6.35. The van der Waals surface area contributed by atoms with Gasteiger partial charge in [-0.2, -0.15) is 20.1 Å². The fourth-order valence-corrected chi connectivity index (χ4v) is 3.01. The maximum Gasteiger partial charge on any atom is 0.292 e. The van der Waals surface area contributed by atoms with Crippen molar-refractivity contribution >= 4 is 28.1 Å². The van der Waals surface area contributed by atoms with Crippen LogP contribution < -0.4 is 15.7 Å². The predicted molar refractivity (Wildman–Crippen MR) is 120 cm³/mol. The zero-order valence-corrected chi connectivity index (χ0v) is 18.4. The van der Waals surface area contributed by atoms with Crippen molar-refractivity contribution in [2.75, 3.05) is 6.61 Å². The fraction of sp³-hybridized carbons (Fsp3) is 0.136. The smallest absolute Gasteiger partial charge is 0.292 e. The zero-order valence-electron chi connectivity index (χ0n) is 16.8. The summed E-state index contributed by atoms with van der Waals surface area (Å²) < 4.78 is 7.34. The van der Waals surface area contributed by atoms with Gasteiger partial charge in [0.2, 0.25) is 0 Å². The van der Waals surface area contributed by atoms with Crippen molar-refractivity contribution in [3.05, 3.63) is 85.7 Å². The molecule has 8 nitrogen and oxygen atoms in total. The molecule has 0 bridgehead atoms. The van der Waals surface area contributed by atoms with Gasteiger partial charge in [0.25, 0.3) is 11.5 Å². The topological polar surface area (TPSA) is 109 Å². The number of halogens is 1. The molecule has 0 saturated heterocycles. The van der Waals surface area contributed by atoms with Gasteiger partial charge in [0.05, 0.1) is 18.5 Å². The summed E-state index contributed by atoms with van der Waals surface area (Å²) in [6.45, 7) is 3.87. The molecule has 0 aliphatic carbocycles. The molecule has 3 aromatic rings. The monoisotopic (exact) mass is 479 g/mol. The van der Waals surface area contributed by atoms with Crippen LogP contribution in [0.25, 0.3) is 5.69 Å². The Kier molecular flexibility index (Phi) is 6.95. The Balaban J connectivity index is 1.93. The largest absolute Gasteiger partial charge is 0.494 e. The Bertz CT molecular complexity index is 1230. The highest BCUT2D eigenvalue weighted by molar-refractivity contribution is 9.10. The quantitative estimate of drug-likeness (QED) is 0.430. The molecule has 2 aromatic carbocycles. The molecule has 31 heavy (non-hydrogen) atoms. The molecule has 1 heterocycles. The lowest BCUT2D eigenvalue weighted by atomic mass is 10.1. The van der Waals surface area contributed by atoms with Crippen molar-refractivity contribution in [2.45, 2.75) is 13.8 Å². The SMILES string of the molecule is CCOc1ccc(-n2nc(C(=O)N/N=C/c3ccc(Br)cc3)c(C)c(C#N)c2=O)cc1. The number of ether oxygens (including phenoxy) is 1. The van der Waals surface area contributed by atoms with Crippen LogP contribution >= 0.6 is 15.9 Å². The van der Waals surface area contributed by atoms with Crippen LogP contribution in [0.15, 0.2) is 62.9 Å². The van der Waals surface area contributed by atoms with Gasteiger partial charge in [-0.15, -0.1) is 0 Å². The molecule has 0 unspecified atom stereocenters. The maximum atomic E-state index is 12.7. The number of nitrogens with one attached hydrogen (secondary N) is 1. The molecule has 0 aliphatic rings. The number of rotatable bonds is 6. The van der Waals surface area contributed by atoms with Gasteiger partial charge in [0, 0.05) is 10.0 Å². The Morgan fingerprint density at radius 2 is 1.94 bits per heavy atom. The van der Waals surface area contributed by atoms with Crippen molar-refractivity contribution < 1.29 is 9.53 Å². The molecular formula is C22H18BrN5O3. The van der Waals surface area contributed by atoms with E-state index in [1.54, 1.807) is 24.3 Å². The lowest BCUT2D eigenvalue weighted by Gasteiger charge is -2.11. The van der Waals surface area contributed by atoms with Gasteiger partial charge >= 0.3 is 0 Å². The average Bonchev–Trinajstić information content (AvgIpc) is 2.76. The molecule has 0 atom stereocenters. The number of hydrazone groups is 1. The van der Waals surface area contributed by atoms with Crippen LogP contribution in [0.1, 0.15) is 34.1 Å². The molecule has 9 heteroatoms. The van der Waals surface area contributed by atoms with Gasteiger partial charge < -0.3 is 4.74 Å². The molecular weight excluding hydrogens is 462 g/mol. The highest BCUT2D eigenvalue weighted by Crippen LogP contribution is 2.15. The molecule has 0 fully saturated rings. The van der Waals surface area contributed by atoms with Crippen LogP contribution in [0, 0.1) is 18.3 Å². The van der Waals surface area contributed by atoms with E-state index in [1.165, 1.54) is 13.1 Å². The number of nitrogens with zero attached hydrogens (tertiary/aromatic N) is 4. The van der Waals surface area contributed by atoms with Crippen LogP contribution in [0.3, 0.4) is 0 Å². The van der Waals surface area contributed by atoms with Gasteiger partial charge in [-0.3, -0.25) is 9.59 Å². The number of benzene rings is 2. The first-order valence-electron chi connectivity index (χ1n) is 9.30. The van der Waals surface area contributed by atoms with E-state index in [0.29, 0.717) is 18.0 Å². The summed E-state index contributed by atoms with van der Waals surface area (Å²) in [5.41, 5.74) is 2.91. The summed E-state index contributed by atoms with van der Waals surface area (Å²) in [6.07, 6.45) is 1.48. The van der Waals surface area contributed by atoms with E-state index < -0.39 is 11.5 Å². The lowest BCUT2D eigenvalue weighted by Crippen LogP contribution is -2.31. The van der Waals surface area contributed by atoms with E-state index in [1.807, 2.05) is 37.3 Å². The van der Waals surface area contributed by atoms with Gasteiger partial charge in [-0.1, -0.05) is 28.1 Å². The molecule has 1 N–H and O–H groups in total. The average molecular weight is 480 g/mol. The Labute approximate surface area is 186 Å². The first-order chi connectivity index (χ1) is 14.9. The van der Waals surface area contributed by atoms with Crippen LogP contribution in [0.4, 0.5) is 0 Å².